The molecule has 0 unspecified atom stereocenters. The lowest BCUT2D eigenvalue weighted by molar-refractivity contribution is -0.124. The van der Waals surface area contributed by atoms with E-state index in [0.29, 0.717) is 11.3 Å². The van der Waals surface area contributed by atoms with Crippen LogP contribution in [0.5, 0.6) is 5.75 Å². The Morgan fingerprint density at radius 3 is 2.22 bits per heavy atom. The Bertz CT molecular complexity index is 886. The van der Waals surface area contributed by atoms with Gasteiger partial charge in [0.25, 0.3) is 5.91 Å². The Kier molecular flexibility index (Phi) is 7.43. The van der Waals surface area contributed by atoms with Gasteiger partial charge in [0.05, 0.1) is 7.11 Å². The molecule has 1 aliphatic heterocycles. The number of nitrogens with zero attached hydrogens (tertiary/aromatic N) is 1. The van der Waals surface area contributed by atoms with E-state index < -0.39 is 6.04 Å². The minimum atomic E-state index is -0.737. The Morgan fingerprint density at radius 1 is 0.938 bits per heavy atom. The summed E-state index contributed by atoms with van der Waals surface area (Å²) in [6.07, 6.45) is 7.21. The van der Waals surface area contributed by atoms with Crippen LogP contribution >= 0.6 is 0 Å². The highest BCUT2D eigenvalue weighted by molar-refractivity contribution is 5.98. The Hall–Kier alpha value is -2.86. The van der Waals surface area contributed by atoms with E-state index in [1.54, 1.807) is 31.4 Å². The van der Waals surface area contributed by atoms with Gasteiger partial charge in [0.2, 0.25) is 5.91 Å². The van der Waals surface area contributed by atoms with Gasteiger partial charge in [-0.25, -0.2) is 0 Å². The van der Waals surface area contributed by atoms with Crippen molar-refractivity contribution in [1.82, 2.24) is 15.5 Å². The summed E-state index contributed by atoms with van der Waals surface area (Å²) in [5.74, 6) is 0.243. The van der Waals surface area contributed by atoms with Crippen LogP contribution in [0.3, 0.4) is 0 Å². The van der Waals surface area contributed by atoms with E-state index in [-0.39, 0.29) is 17.9 Å². The molecule has 1 atom stereocenters. The Morgan fingerprint density at radius 2 is 1.59 bits per heavy atom. The molecule has 2 aromatic rings. The first-order chi connectivity index (χ1) is 15.6. The summed E-state index contributed by atoms with van der Waals surface area (Å²) in [6.45, 7) is 2.06. The topological polar surface area (TPSA) is 70.7 Å². The zero-order valence-corrected chi connectivity index (χ0v) is 18.8. The summed E-state index contributed by atoms with van der Waals surface area (Å²) in [5.41, 5.74) is 1.26. The van der Waals surface area contributed by atoms with E-state index in [1.165, 1.54) is 25.7 Å². The predicted octanol–water partition coefficient (Wildman–Crippen LogP) is 3.69. The number of methoxy groups -OCH3 is 1. The van der Waals surface area contributed by atoms with Crippen LogP contribution < -0.4 is 15.4 Å². The predicted molar refractivity (Wildman–Crippen MR) is 125 cm³/mol. The van der Waals surface area contributed by atoms with Gasteiger partial charge in [0.15, 0.2) is 0 Å². The van der Waals surface area contributed by atoms with Gasteiger partial charge in [-0.3, -0.25) is 9.59 Å². The molecule has 0 spiro atoms. The maximum absolute atomic E-state index is 13.3. The number of nitrogens with one attached hydrogen (secondary N) is 2. The molecule has 2 aromatic carbocycles. The molecule has 2 fully saturated rings. The normalized spacial score (nSPS) is 18.8. The van der Waals surface area contributed by atoms with Gasteiger partial charge in [-0.1, -0.05) is 43.2 Å². The molecular formula is C26H33N3O3. The number of benzene rings is 2. The summed E-state index contributed by atoms with van der Waals surface area (Å²) >= 11 is 0. The fourth-order valence-electron chi connectivity index (χ4n) is 4.87. The van der Waals surface area contributed by atoms with E-state index in [4.69, 9.17) is 4.74 Å². The maximum atomic E-state index is 13.3. The first kappa shape index (κ1) is 22.3. The van der Waals surface area contributed by atoms with Crippen molar-refractivity contribution in [3.05, 3.63) is 65.7 Å². The van der Waals surface area contributed by atoms with Crippen LogP contribution in [-0.2, 0) is 4.79 Å². The van der Waals surface area contributed by atoms with Crippen LogP contribution in [0.1, 0.15) is 60.5 Å². The van der Waals surface area contributed by atoms with Crippen molar-refractivity contribution in [2.75, 3.05) is 20.2 Å². The molecule has 1 heterocycles. The smallest absolute Gasteiger partial charge is 0.252 e. The third-order valence-electron chi connectivity index (χ3n) is 6.74. The molecule has 0 bridgehead atoms. The van der Waals surface area contributed by atoms with Crippen LogP contribution in [0.2, 0.25) is 0 Å². The third-order valence-corrected chi connectivity index (χ3v) is 6.74. The monoisotopic (exact) mass is 435 g/mol. The second-order valence-electron chi connectivity index (χ2n) is 8.80. The first-order valence-electron chi connectivity index (χ1n) is 11.7. The van der Waals surface area contributed by atoms with Crippen molar-refractivity contribution in [1.29, 1.82) is 0 Å². The molecule has 2 amide bonds. The average molecular weight is 436 g/mol. The number of hydrogen-bond donors (Lipinski definition) is 2. The SMILES string of the molecule is COc1ccc(C(=O)N[C@@H](C(=O)NC2CCN(C3CCCC3)CC2)c2ccccc2)cc1. The van der Waals surface area contributed by atoms with Crippen molar-refractivity contribution in [3.8, 4) is 5.75 Å². The van der Waals surface area contributed by atoms with E-state index in [1.807, 2.05) is 30.3 Å². The minimum absolute atomic E-state index is 0.143. The van der Waals surface area contributed by atoms with Crippen LogP contribution in [0.25, 0.3) is 0 Å². The summed E-state index contributed by atoms with van der Waals surface area (Å²) in [5, 5.41) is 6.13. The fourth-order valence-corrected chi connectivity index (χ4v) is 4.87. The number of carbonyl (C=O) groups is 2. The van der Waals surface area contributed by atoms with Crippen molar-refractivity contribution >= 4 is 11.8 Å². The maximum Gasteiger partial charge on any atom is 0.252 e. The van der Waals surface area contributed by atoms with Gasteiger partial charge in [0, 0.05) is 30.7 Å². The first-order valence-corrected chi connectivity index (χ1v) is 11.7. The number of ether oxygens (including phenoxy) is 1. The quantitative estimate of drug-likeness (QED) is 0.696. The zero-order chi connectivity index (χ0) is 22.3. The van der Waals surface area contributed by atoms with E-state index in [9.17, 15) is 9.59 Å². The summed E-state index contributed by atoms with van der Waals surface area (Å²) in [7, 11) is 1.59. The van der Waals surface area contributed by atoms with Crippen molar-refractivity contribution < 1.29 is 14.3 Å². The van der Waals surface area contributed by atoms with Gasteiger partial charge < -0.3 is 20.3 Å². The van der Waals surface area contributed by atoms with Crippen molar-refractivity contribution in [2.45, 2.75) is 56.7 Å². The summed E-state index contributed by atoms with van der Waals surface area (Å²) < 4.78 is 5.16. The summed E-state index contributed by atoms with van der Waals surface area (Å²) in [4.78, 5) is 28.7. The Labute approximate surface area is 190 Å². The zero-order valence-electron chi connectivity index (χ0n) is 18.8. The van der Waals surface area contributed by atoms with E-state index >= 15 is 0 Å². The molecule has 1 aliphatic carbocycles. The standard InChI is InChI=1S/C26H33N3O3/c1-32-23-13-11-20(12-14-23)25(30)28-24(19-7-3-2-4-8-19)26(31)27-21-15-17-29(18-16-21)22-9-5-6-10-22/h2-4,7-8,11-14,21-22,24H,5-6,9-10,15-18H2,1H3,(H,27,31)(H,28,30)/t24-/m1/s1. The molecule has 0 radical (unpaired) electrons. The third kappa shape index (κ3) is 5.49. The van der Waals surface area contributed by atoms with Gasteiger partial charge in [0.1, 0.15) is 11.8 Å². The van der Waals surface area contributed by atoms with E-state index in [2.05, 4.69) is 15.5 Å². The molecule has 32 heavy (non-hydrogen) atoms. The molecule has 1 saturated heterocycles. The second-order valence-corrected chi connectivity index (χ2v) is 8.80. The molecule has 4 rings (SSSR count). The van der Waals surface area contributed by atoms with Crippen LogP contribution in [-0.4, -0.2) is 49.0 Å². The lowest BCUT2D eigenvalue weighted by Crippen LogP contribution is -2.50. The lowest BCUT2D eigenvalue weighted by Gasteiger charge is -2.36. The van der Waals surface area contributed by atoms with Crippen molar-refractivity contribution in [3.63, 3.8) is 0 Å². The van der Waals surface area contributed by atoms with Gasteiger partial charge >= 0.3 is 0 Å². The van der Waals surface area contributed by atoms with Crippen LogP contribution in [0.4, 0.5) is 0 Å². The highest BCUT2D eigenvalue weighted by Crippen LogP contribution is 2.26. The minimum Gasteiger partial charge on any atom is -0.497 e. The Balaban J connectivity index is 1.40. The number of likely N-dealkylation sites (tertiary alicyclic amines) is 1. The molecule has 2 aliphatic rings. The van der Waals surface area contributed by atoms with Gasteiger partial charge in [-0.05, 0) is 55.5 Å². The molecule has 6 nitrogen and oxygen atoms in total. The molecule has 1 saturated carbocycles. The van der Waals surface area contributed by atoms with Crippen LogP contribution in [0.15, 0.2) is 54.6 Å². The summed E-state index contributed by atoms with van der Waals surface area (Å²) in [6, 6.07) is 16.4. The van der Waals surface area contributed by atoms with Gasteiger partial charge in [-0.2, -0.15) is 0 Å². The molecule has 6 heteroatoms. The number of piperidine rings is 1. The second kappa shape index (κ2) is 10.6. The number of amides is 2. The lowest BCUT2D eigenvalue weighted by atomic mass is 10.0. The number of carbonyl (C=O) groups excluding carboxylic acids is 2. The number of hydrogen-bond acceptors (Lipinski definition) is 4. The van der Waals surface area contributed by atoms with Crippen LogP contribution in [0, 0.1) is 0 Å². The molecule has 170 valence electrons. The van der Waals surface area contributed by atoms with E-state index in [0.717, 1.165) is 37.5 Å². The fraction of sp³-hybridized carbons (Fsp3) is 0.462. The molecule has 0 aromatic heterocycles. The van der Waals surface area contributed by atoms with Gasteiger partial charge in [-0.15, -0.1) is 0 Å². The highest BCUT2D eigenvalue weighted by atomic mass is 16.5. The molecular weight excluding hydrogens is 402 g/mol. The van der Waals surface area contributed by atoms with Crippen molar-refractivity contribution in [2.24, 2.45) is 0 Å². The molecule has 2 N–H and O–H groups in total. The average Bonchev–Trinajstić information content (AvgIpc) is 3.38. The number of rotatable bonds is 7. The highest BCUT2D eigenvalue weighted by Gasteiger charge is 2.30. The largest absolute Gasteiger partial charge is 0.497 e.